The predicted octanol–water partition coefficient (Wildman–Crippen LogP) is 5.14. The summed E-state index contributed by atoms with van der Waals surface area (Å²) in [5.74, 6) is 0. The van der Waals surface area contributed by atoms with Crippen molar-refractivity contribution in [1.82, 2.24) is 5.32 Å². The Kier molecular flexibility index (Phi) is 6.56. The molecule has 2 N–H and O–H groups in total. The minimum Gasteiger partial charge on any atom is -0.338 e. The number of carbonyl (C=O) groups excluding carboxylic acids is 1. The Balaban J connectivity index is 1.65. The minimum absolute atomic E-state index is 0.260. The molecule has 0 atom stereocenters. The van der Waals surface area contributed by atoms with Crippen LogP contribution in [-0.4, -0.2) is 12.6 Å². The molecule has 0 saturated heterocycles. The molecular weight excluding hydrogens is 319 g/mol. The number of rotatable bonds is 6. The quantitative estimate of drug-likeness (QED) is 0.704. The first-order valence-electron chi connectivity index (χ1n) is 7.19. The number of amides is 2. The molecule has 2 aromatic carbocycles. The fourth-order valence-corrected chi connectivity index (χ4v) is 2.51. The Morgan fingerprint density at radius 1 is 1.00 bits per heavy atom. The van der Waals surface area contributed by atoms with Gasteiger partial charge in [-0.1, -0.05) is 53.5 Å². The van der Waals surface area contributed by atoms with E-state index in [9.17, 15) is 4.79 Å². The third-order valence-corrected chi connectivity index (χ3v) is 3.75. The van der Waals surface area contributed by atoms with Crippen LogP contribution in [0, 0.1) is 0 Å². The number of benzene rings is 2. The molecule has 5 heteroatoms. The first-order chi connectivity index (χ1) is 10.6. The van der Waals surface area contributed by atoms with Crippen molar-refractivity contribution in [3.05, 3.63) is 64.1 Å². The van der Waals surface area contributed by atoms with Crippen molar-refractivity contribution in [3.63, 3.8) is 0 Å². The highest BCUT2D eigenvalue weighted by molar-refractivity contribution is 6.36. The second-order valence-corrected chi connectivity index (χ2v) is 5.79. The average Bonchev–Trinajstić information content (AvgIpc) is 2.51. The van der Waals surface area contributed by atoms with Gasteiger partial charge in [0, 0.05) is 11.6 Å². The number of hydrogen-bond donors (Lipinski definition) is 2. The lowest BCUT2D eigenvalue weighted by Gasteiger charge is -2.09. The van der Waals surface area contributed by atoms with E-state index in [0.717, 1.165) is 19.3 Å². The van der Waals surface area contributed by atoms with Crippen molar-refractivity contribution in [1.29, 1.82) is 0 Å². The summed E-state index contributed by atoms with van der Waals surface area (Å²) >= 11 is 11.8. The first kappa shape index (κ1) is 16.7. The zero-order valence-corrected chi connectivity index (χ0v) is 13.6. The molecule has 2 rings (SSSR count). The highest BCUT2D eigenvalue weighted by Gasteiger charge is 2.05. The standard InChI is InChI=1S/C17H18Cl2N2O/c18-14-9-10-16(15(19)12-14)21-17(22)20-11-5-4-8-13-6-2-1-3-7-13/h1-3,6-7,9-10,12H,4-5,8,11H2,(H2,20,21,22). The lowest BCUT2D eigenvalue weighted by atomic mass is 10.1. The highest BCUT2D eigenvalue weighted by atomic mass is 35.5. The SMILES string of the molecule is O=C(NCCCCc1ccccc1)Nc1ccc(Cl)cc1Cl. The summed E-state index contributed by atoms with van der Waals surface area (Å²) in [6.07, 6.45) is 2.98. The molecule has 2 aromatic rings. The van der Waals surface area contributed by atoms with Gasteiger partial charge in [-0.25, -0.2) is 4.79 Å². The summed E-state index contributed by atoms with van der Waals surface area (Å²) in [5, 5.41) is 6.48. The summed E-state index contributed by atoms with van der Waals surface area (Å²) in [5.41, 5.74) is 1.87. The van der Waals surface area contributed by atoms with Crippen molar-refractivity contribution in [2.75, 3.05) is 11.9 Å². The number of urea groups is 1. The normalized spacial score (nSPS) is 10.3. The smallest absolute Gasteiger partial charge is 0.319 e. The second kappa shape index (κ2) is 8.66. The third kappa shape index (κ3) is 5.58. The molecule has 22 heavy (non-hydrogen) atoms. The second-order valence-electron chi connectivity index (χ2n) is 4.95. The maximum atomic E-state index is 11.8. The van der Waals surface area contributed by atoms with Crippen LogP contribution in [0.4, 0.5) is 10.5 Å². The Morgan fingerprint density at radius 2 is 1.77 bits per heavy atom. The maximum Gasteiger partial charge on any atom is 0.319 e. The zero-order valence-electron chi connectivity index (χ0n) is 12.1. The van der Waals surface area contributed by atoms with Gasteiger partial charge in [-0.05, 0) is 43.0 Å². The molecule has 3 nitrogen and oxygen atoms in total. The molecule has 0 aliphatic heterocycles. The molecule has 0 radical (unpaired) electrons. The number of aryl methyl sites for hydroxylation is 1. The summed E-state index contributed by atoms with van der Waals surface area (Å²) in [6, 6.07) is 15.0. The lowest BCUT2D eigenvalue weighted by Crippen LogP contribution is -2.29. The molecule has 2 amide bonds. The zero-order chi connectivity index (χ0) is 15.8. The van der Waals surface area contributed by atoms with Crippen LogP contribution in [0.5, 0.6) is 0 Å². The van der Waals surface area contributed by atoms with Gasteiger partial charge in [0.2, 0.25) is 0 Å². The van der Waals surface area contributed by atoms with Gasteiger partial charge < -0.3 is 10.6 Å². The largest absolute Gasteiger partial charge is 0.338 e. The first-order valence-corrected chi connectivity index (χ1v) is 7.94. The van der Waals surface area contributed by atoms with Gasteiger partial charge in [-0.15, -0.1) is 0 Å². The van der Waals surface area contributed by atoms with Crippen LogP contribution >= 0.6 is 23.2 Å². The van der Waals surface area contributed by atoms with E-state index >= 15 is 0 Å². The fraction of sp³-hybridized carbons (Fsp3) is 0.235. The monoisotopic (exact) mass is 336 g/mol. The summed E-state index contributed by atoms with van der Waals surface area (Å²) in [6.45, 7) is 0.629. The van der Waals surface area contributed by atoms with Crippen molar-refractivity contribution in [2.24, 2.45) is 0 Å². The molecule has 0 heterocycles. The van der Waals surface area contributed by atoms with Crippen LogP contribution in [0.2, 0.25) is 10.0 Å². The van der Waals surface area contributed by atoms with Crippen LogP contribution in [0.15, 0.2) is 48.5 Å². The van der Waals surface area contributed by atoms with Crippen LogP contribution in [0.25, 0.3) is 0 Å². The van der Waals surface area contributed by atoms with Gasteiger partial charge in [-0.2, -0.15) is 0 Å². The van der Waals surface area contributed by atoms with Gasteiger partial charge >= 0.3 is 6.03 Å². The van der Waals surface area contributed by atoms with E-state index in [4.69, 9.17) is 23.2 Å². The number of hydrogen-bond acceptors (Lipinski definition) is 1. The average molecular weight is 337 g/mol. The van der Waals surface area contributed by atoms with Crippen LogP contribution < -0.4 is 10.6 Å². The van der Waals surface area contributed by atoms with E-state index in [1.807, 2.05) is 18.2 Å². The van der Waals surface area contributed by atoms with Crippen molar-refractivity contribution < 1.29 is 4.79 Å². The number of halogens is 2. The topological polar surface area (TPSA) is 41.1 Å². The molecule has 116 valence electrons. The van der Waals surface area contributed by atoms with E-state index in [1.54, 1.807) is 18.2 Å². The van der Waals surface area contributed by atoms with Gasteiger partial charge in [-0.3, -0.25) is 0 Å². The Morgan fingerprint density at radius 3 is 2.50 bits per heavy atom. The lowest BCUT2D eigenvalue weighted by molar-refractivity contribution is 0.252. The van der Waals surface area contributed by atoms with E-state index in [2.05, 4.69) is 22.8 Å². The van der Waals surface area contributed by atoms with E-state index < -0.39 is 0 Å². The van der Waals surface area contributed by atoms with Crippen LogP contribution in [0.3, 0.4) is 0 Å². The molecule has 0 unspecified atom stereocenters. The summed E-state index contributed by atoms with van der Waals surface area (Å²) in [4.78, 5) is 11.8. The molecule has 0 aliphatic carbocycles. The summed E-state index contributed by atoms with van der Waals surface area (Å²) < 4.78 is 0. The number of unbranched alkanes of at least 4 members (excludes halogenated alkanes) is 1. The number of nitrogens with one attached hydrogen (secondary N) is 2. The van der Waals surface area contributed by atoms with Gasteiger partial charge in [0.1, 0.15) is 0 Å². The number of carbonyl (C=O) groups is 1. The Bertz CT molecular complexity index is 617. The Hall–Kier alpha value is -1.71. The minimum atomic E-state index is -0.260. The van der Waals surface area contributed by atoms with Gasteiger partial charge in [0.05, 0.1) is 10.7 Å². The van der Waals surface area contributed by atoms with Crippen LogP contribution in [-0.2, 0) is 6.42 Å². The van der Waals surface area contributed by atoms with Crippen molar-refractivity contribution >= 4 is 34.9 Å². The predicted molar refractivity (Wildman–Crippen MR) is 92.9 cm³/mol. The molecule has 0 saturated carbocycles. The van der Waals surface area contributed by atoms with Crippen LogP contribution in [0.1, 0.15) is 18.4 Å². The molecule has 0 bridgehead atoms. The molecule has 0 aliphatic rings. The van der Waals surface area contributed by atoms with Gasteiger partial charge in [0.15, 0.2) is 0 Å². The summed E-state index contributed by atoms with van der Waals surface area (Å²) in [7, 11) is 0. The molecular formula is C17H18Cl2N2O. The van der Waals surface area contributed by atoms with Crippen molar-refractivity contribution in [2.45, 2.75) is 19.3 Å². The third-order valence-electron chi connectivity index (χ3n) is 3.20. The van der Waals surface area contributed by atoms with E-state index in [1.165, 1.54) is 5.56 Å². The maximum absolute atomic E-state index is 11.8. The molecule has 0 spiro atoms. The highest BCUT2D eigenvalue weighted by Crippen LogP contribution is 2.25. The molecule has 0 fully saturated rings. The number of anilines is 1. The molecule has 0 aromatic heterocycles. The van der Waals surface area contributed by atoms with Crippen molar-refractivity contribution in [3.8, 4) is 0 Å². The van der Waals surface area contributed by atoms with E-state index in [0.29, 0.717) is 22.3 Å². The fourth-order valence-electron chi connectivity index (χ4n) is 2.06. The van der Waals surface area contributed by atoms with E-state index in [-0.39, 0.29) is 6.03 Å². The Labute approximate surface area is 140 Å². The van der Waals surface area contributed by atoms with Gasteiger partial charge in [0.25, 0.3) is 0 Å².